The largest absolute Gasteiger partial charge is 0.481 e. The molecule has 6 nitrogen and oxygen atoms in total. The molecule has 15 heavy (non-hydrogen) atoms. The van der Waals surface area contributed by atoms with Crippen molar-refractivity contribution in [3.05, 3.63) is 18.2 Å². The molecule has 82 valence electrons. The van der Waals surface area contributed by atoms with Gasteiger partial charge in [0.15, 0.2) is 0 Å². The first-order valence-corrected chi connectivity index (χ1v) is 4.43. The van der Waals surface area contributed by atoms with Crippen molar-refractivity contribution >= 4 is 11.9 Å². The van der Waals surface area contributed by atoms with Crippen LogP contribution >= 0.6 is 0 Å². The van der Waals surface area contributed by atoms with Gasteiger partial charge in [-0.2, -0.15) is 0 Å². The van der Waals surface area contributed by atoms with Crippen molar-refractivity contribution in [2.75, 3.05) is 6.54 Å². The SMILES string of the molecule is CC(C)(CNC(=O)c1cnc[nH]1)C(=O)O. The third kappa shape index (κ3) is 2.80. The van der Waals surface area contributed by atoms with Gasteiger partial charge in [0.1, 0.15) is 5.69 Å². The fourth-order valence-electron chi connectivity index (χ4n) is 0.852. The van der Waals surface area contributed by atoms with Crippen LogP contribution in [0.5, 0.6) is 0 Å². The maximum absolute atomic E-state index is 11.4. The van der Waals surface area contributed by atoms with Crippen LogP contribution in [0.1, 0.15) is 24.3 Å². The Bertz CT molecular complexity index is 357. The Morgan fingerprint density at radius 2 is 2.27 bits per heavy atom. The van der Waals surface area contributed by atoms with Crippen LogP contribution in [0.4, 0.5) is 0 Å². The highest BCUT2D eigenvalue weighted by atomic mass is 16.4. The first kappa shape index (κ1) is 11.2. The first-order chi connectivity index (χ1) is 6.93. The third-order valence-electron chi connectivity index (χ3n) is 2.01. The van der Waals surface area contributed by atoms with Gasteiger partial charge in [-0.1, -0.05) is 0 Å². The summed E-state index contributed by atoms with van der Waals surface area (Å²) in [4.78, 5) is 28.5. The summed E-state index contributed by atoms with van der Waals surface area (Å²) in [6.45, 7) is 3.16. The minimum Gasteiger partial charge on any atom is -0.481 e. The van der Waals surface area contributed by atoms with E-state index in [9.17, 15) is 9.59 Å². The predicted molar refractivity (Wildman–Crippen MR) is 52.3 cm³/mol. The van der Waals surface area contributed by atoms with E-state index < -0.39 is 11.4 Å². The number of carboxylic acids is 1. The predicted octanol–water partition coefficient (Wildman–Crippen LogP) is 0.250. The molecule has 1 aromatic heterocycles. The smallest absolute Gasteiger partial charge is 0.310 e. The number of carboxylic acid groups (broad SMARTS) is 1. The number of rotatable bonds is 4. The van der Waals surface area contributed by atoms with Crippen molar-refractivity contribution < 1.29 is 14.7 Å². The second-order valence-corrected chi connectivity index (χ2v) is 3.84. The Morgan fingerprint density at radius 3 is 2.73 bits per heavy atom. The van der Waals surface area contributed by atoms with E-state index in [0.29, 0.717) is 5.69 Å². The van der Waals surface area contributed by atoms with Crippen molar-refractivity contribution in [3.8, 4) is 0 Å². The third-order valence-corrected chi connectivity index (χ3v) is 2.01. The molecular formula is C9H13N3O3. The minimum absolute atomic E-state index is 0.0696. The maximum atomic E-state index is 11.4. The van der Waals surface area contributed by atoms with E-state index in [1.807, 2.05) is 0 Å². The summed E-state index contributed by atoms with van der Waals surface area (Å²) in [6.07, 6.45) is 2.76. The van der Waals surface area contributed by atoms with Crippen LogP contribution in [0.2, 0.25) is 0 Å². The number of imidazole rings is 1. The summed E-state index contributed by atoms with van der Waals surface area (Å²) in [5, 5.41) is 11.3. The van der Waals surface area contributed by atoms with Crippen molar-refractivity contribution in [1.82, 2.24) is 15.3 Å². The molecule has 0 saturated carbocycles. The quantitative estimate of drug-likeness (QED) is 0.665. The Kier molecular flexibility index (Phi) is 3.08. The van der Waals surface area contributed by atoms with Crippen molar-refractivity contribution in [2.24, 2.45) is 5.41 Å². The number of aliphatic carboxylic acids is 1. The van der Waals surface area contributed by atoms with Crippen LogP contribution in [0, 0.1) is 5.41 Å². The monoisotopic (exact) mass is 211 g/mol. The zero-order valence-corrected chi connectivity index (χ0v) is 8.57. The number of carbonyl (C=O) groups is 2. The molecule has 0 fully saturated rings. The van der Waals surface area contributed by atoms with Crippen LogP contribution in [0.3, 0.4) is 0 Å². The topological polar surface area (TPSA) is 95.1 Å². The summed E-state index contributed by atoms with van der Waals surface area (Å²) in [5.41, 5.74) is -0.661. The van der Waals surface area contributed by atoms with Gasteiger partial charge in [-0.25, -0.2) is 4.98 Å². The normalized spacial score (nSPS) is 11.1. The highest BCUT2D eigenvalue weighted by Gasteiger charge is 2.27. The summed E-state index contributed by atoms with van der Waals surface area (Å²) in [6, 6.07) is 0. The lowest BCUT2D eigenvalue weighted by Gasteiger charge is -2.18. The van der Waals surface area contributed by atoms with Crippen LogP contribution in [0.15, 0.2) is 12.5 Å². The van der Waals surface area contributed by atoms with E-state index in [1.165, 1.54) is 12.5 Å². The van der Waals surface area contributed by atoms with Gasteiger partial charge in [-0.3, -0.25) is 9.59 Å². The molecule has 0 radical (unpaired) electrons. The number of nitrogens with one attached hydrogen (secondary N) is 2. The molecule has 0 aliphatic carbocycles. The van der Waals surface area contributed by atoms with Crippen molar-refractivity contribution in [3.63, 3.8) is 0 Å². The minimum atomic E-state index is -0.977. The maximum Gasteiger partial charge on any atom is 0.310 e. The van der Waals surface area contributed by atoms with Gasteiger partial charge in [0.2, 0.25) is 0 Å². The fourth-order valence-corrected chi connectivity index (χ4v) is 0.852. The Balaban J connectivity index is 2.51. The van der Waals surface area contributed by atoms with E-state index in [0.717, 1.165) is 0 Å². The zero-order valence-electron chi connectivity index (χ0n) is 8.57. The first-order valence-electron chi connectivity index (χ1n) is 4.43. The molecule has 0 atom stereocenters. The summed E-state index contributed by atoms with van der Waals surface area (Å²) >= 11 is 0. The molecule has 0 aliphatic rings. The molecule has 1 amide bonds. The lowest BCUT2D eigenvalue weighted by atomic mass is 9.94. The lowest BCUT2D eigenvalue weighted by Crippen LogP contribution is -2.39. The number of amides is 1. The van der Waals surface area contributed by atoms with E-state index >= 15 is 0 Å². The van der Waals surface area contributed by atoms with Gasteiger partial charge >= 0.3 is 5.97 Å². The van der Waals surface area contributed by atoms with Gasteiger partial charge in [-0.15, -0.1) is 0 Å². The zero-order chi connectivity index (χ0) is 11.5. The molecule has 3 N–H and O–H groups in total. The highest BCUT2D eigenvalue weighted by Crippen LogP contribution is 2.13. The fraction of sp³-hybridized carbons (Fsp3) is 0.444. The average molecular weight is 211 g/mol. The van der Waals surface area contributed by atoms with E-state index in [1.54, 1.807) is 13.8 Å². The van der Waals surface area contributed by atoms with Crippen LogP contribution in [0.25, 0.3) is 0 Å². The Labute approximate surface area is 86.7 Å². The number of hydrogen-bond donors (Lipinski definition) is 3. The second kappa shape index (κ2) is 4.12. The van der Waals surface area contributed by atoms with Crippen LogP contribution in [-0.4, -0.2) is 33.5 Å². The molecule has 1 aromatic rings. The van der Waals surface area contributed by atoms with Crippen molar-refractivity contribution in [1.29, 1.82) is 0 Å². The lowest BCUT2D eigenvalue weighted by molar-refractivity contribution is -0.146. The Hall–Kier alpha value is -1.85. The van der Waals surface area contributed by atoms with Gasteiger partial charge in [-0.05, 0) is 13.8 Å². The highest BCUT2D eigenvalue weighted by molar-refractivity contribution is 5.92. The number of carbonyl (C=O) groups excluding carboxylic acids is 1. The second-order valence-electron chi connectivity index (χ2n) is 3.84. The van der Waals surface area contributed by atoms with Crippen molar-refractivity contribution in [2.45, 2.75) is 13.8 Å². The summed E-state index contributed by atoms with van der Waals surface area (Å²) < 4.78 is 0. The molecule has 0 aliphatic heterocycles. The van der Waals surface area contributed by atoms with Crippen LogP contribution < -0.4 is 5.32 Å². The molecular weight excluding hydrogens is 198 g/mol. The molecule has 0 aromatic carbocycles. The molecule has 0 saturated heterocycles. The number of H-pyrrole nitrogens is 1. The van der Waals surface area contributed by atoms with Gasteiger partial charge < -0.3 is 15.4 Å². The van der Waals surface area contributed by atoms with E-state index in [4.69, 9.17) is 5.11 Å². The molecule has 6 heteroatoms. The summed E-state index contributed by atoms with van der Waals surface area (Å²) in [5.74, 6) is -1.31. The van der Waals surface area contributed by atoms with Gasteiger partial charge in [0.25, 0.3) is 5.91 Å². The van der Waals surface area contributed by atoms with Gasteiger partial charge in [0, 0.05) is 6.54 Å². The molecule has 0 spiro atoms. The number of nitrogens with zero attached hydrogens (tertiary/aromatic N) is 1. The Morgan fingerprint density at radius 1 is 1.60 bits per heavy atom. The van der Waals surface area contributed by atoms with E-state index in [2.05, 4.69) is 15.3 Å². The summed E-state index contributed by atoms with van der Waals surface area (Å²) in [7, 11) is 0. The van der Waals surface area contributed by atoms with Crippen LogP contribution in [-0.2, 0) is 4.79 Å². The molecule has 0 bridgehead atoms. The standard InChI is InChI=1S/C9H13N3O3/c1-9(2,8(14)15)4-11-7(13)6-3-10-5-12-6/h3,5H,4H2,1-2H3,(H,10,12)(H,11,13)(H,14,15). The number of hydrogen-bond acceptors (Lipinski definition) is 3. The number of aromatic amines is 1. The van der Waals surface area contributed by atoms with Gasteiger partial charge in [0.05, 0.1) is 17.9 Å². The van der Waals surface area contributed by atoms with E-state index in [-0.39, 0.29) is 12.5 Å². The molecule has 1 heterocycles. The average Bonchev–Trinajstić information content (AvgIpc) is 2.66. The molecule has 1 rings (SSSR count). The number of aromatic nitrogens is 2. The molecule has 0 unspecified atom stereocenters.